The van der Waals surface area contributed by atoms with Crippen LogP contribution in [0, 0.1) is 22.7 Å². The van der Waals surface area contributed by atoms with Crippen LogP contribution in [0.15, 0.2) is 23.0 Å². The molecule has 2 spiro atoms. The van der Waals surface area contributed by atoms with Crippen molar-refractivity contribution < 1.29 is 38.1 Å². The minimum Gasteiger partial charge on any atom is -0.472 e. The largest absolute Gasteiger partial charge is 0.472 e. The number of cyclic esters (lactones) is 1. The van der Waals surface area contributed by atoms with E-state index in [1.165, 1.54) is 13.2 Å². The monoisotopic (exact) mass is 418 g/mol. The van der Waals surface area contributed by atoms with Gasteiger partial charge in [0.1, 0.15) is 29.8 Å². The first kappa shape index (κ1) is 19.8. The average molecular weight is 418 g/mol. The van der Waals surface area contributed by atoms with Crippen LogP contribution in [0.4, 0.5) is 0 Å². The van der Waals surface area contributed by atoms with Gasteiger partial charge in [-0.25, -0.2) is 0 Å². The van der Waals surface area contributed by atoms with Gasteiger partial charge in [-0.1, -0.05) is 13.3 Å². The van der Waals surface area contributed by atoms with Crippen LogP contribution in [0.3, 0.4) is 0 Å². The van der Waals surface area contributed by atoms with Crippen molar-refractivity contribution in [2.24, 2.45) is 22.7 Å². The van der Waals surface area contributed by atoms with Crippen molar-refractivity contribution in [3.63, 3.8) is 0 Å². The van der Waals surface area contributed by atoms with E-state index in [0.717, 1.165) is 12.0 Å². The van der Waals surface area contributed by atoms with Crippen molar-refractivity contribution in [1.29, 1.82) is 0 Å². The Morgan fingerprint density at radius 1 is 1.37 bits per heavy atom. The van der Waals surface area contributed by atoms with E-state index in [1.54, 1.807) is 19.3 Å². The number of Topliss-reactive ketones (excluding diaryl/α,β-unsaturated/α-hetero) is 1. The van der Waals surface area contributed by atoms with Gasteiger partial charge in [-0.15, -0.1) is 0 Å². The van der Waals surface area contributed by atoms with E-state index in [2.05, 4.69) is 0 Å². The number of rotatable bonds is 3. The summed E-state index contributed by atoms with van der Waals surface area (Å²) >= 11 is 0. The number of hydrogen-bond acceptors (Lipinski definition) is 8. The van der Waals surface area contributed by atoms with Gasteiger partial charge in [-0.3, -0.25) is 14.4 Å². The third-order valence-electron chi connectivity index (χ3n) is 8.16. The zero-order valence-corrected chi connectivity index (χ0v) is 17.1. The second kappa shape index (κ2) is 6.40. The van der Waals surface area contributed by atoms with E-state index >= 15 is 0 Å². The van der Waals surface area contributed by atoms with Crippen LogP contribution in [0.1, 0.15) is 51.2 Å². The second-order valence-corrected chi connectivity index (χ2v) is 9.27. The smallest absolute Gasteiger partial charge is 0.313 e. The lowest BCUT2D eigenvalue weighted by Gasteiger charge is -2.58. The summed E-state index contributed by atoms with van der Waals surface area (Å²) in [6.07, 6.45) is 3.54. The number of hydrogen-bond donors (Lipinski definition) is 1. The summed E-state index contributed by atoms with van der Waals surface area (Å²) in [6.45, 7) is 3.19. The maximum atomic E-state index is 13.6. The topological polar surface area (TPSA) is 116 Å². The molecule has 5 rings (SSSR count). The minimum absolute atomic E-state index is 0.193. The first-order valence-corrected chi connectivity index (χ1v) is 10.5. The summed E-state index contributed by atoms with van der Waals surface area (Å²) < 4.78 is 22.2. The third kappa shape index (κ3) is 2.32. The van der Waals surface area contributed by atoms with Gasteiger partial charge in [-0.05, 0) is 24.8 Å². The molecule has 0 amide bonds. The van der Waals surface area contributed by atoms with Crippen LogP contribution in [0.5, 0.6) is 0 Å². The molecule has 2 saturated carbocycles. The Morgan fingerprint density at radius 3 is 2.77 bits per heavy atom. The molecule has 8 heteroatoms. The predicted octanol–water partition coefficient (Wildman–Crippen LogP) is 1.95. The van der Waals surface area contributed by atoms with Gasteiger partial charge in [0.25, 0.3) is 0 Å². The van der Waals surface area contributed by atoms with Crippen LogP contribution in [0.25, 0.3) is 0 Å². The Bertz CT molecular complexity index is 887. The molecule has 3 heterocycles. The number of ether oxygens (including phenoxy) is 3. The highest BCUT2D eigenvalue weighted by molar-refractivity contribution is 5.96. The molecule has 1 aromatic rings. The van der Waals surface area contributed by atoms with Crippen molar-refractivity contribution in [1.82, 2.24) is 0 Å². The van der Waals surface area contributed by atoms with Crippen molar-refractivity contribution in [3.8, 4) is 0 Å². The number of esters is 2. The molecule has 162 valence electrons. The summed E-state index contributed by atoms with van der Waals surface area (Å²) in [6, 6.07) is 1.75. The summed E-state index contributed by atoms with van der Waals surface area (Å²) in [7, 11) is 0. The molecule has 1 aromatic heterocycles. The van der Waals surface area contributed by atoms with Gasteiger partial charge in [0.15, 0.2) is 5.78 Å². The SMILES string of the molecule is CC(=O)OCC12C(=O)C(O)C(C)C3(CC(c4ccoc4)OC3=O)C1CCCC21CO1. The molecule has 7 unspecified atom stereocenters. The molecule has 2 saturated heterocycles. The molecule has 2 aliphatic heterocycles. The fraction of sp³-hybridized carbons (Fsp3) is 0.682. The van der Waals surface area contributed by atoms with Crippen molar-refractivity contribution in [2.45, 2.75) is 57.3 Å². The minimum atomic E-state index is -1.37. The molecule has 2 aliphatic carbocycles. The standard InChI is InChI=1S/C22H26O8/c1-12-17(24)18(25)22(11-28-13(2)23)16(4-3-6-20(22)10-29-20)21(12)8-15(30-19(21)26)14-5-7-27-9-14/h5,7,9,12,15-17,24H,3-4,6,8,10-11H2,1-2H3. The summed E-state index contributed by atoms with van der Waals surface area (Å²) in [4.78, 5) is 38.8. The maximum Gasteiger partial charge on any atom is 0.313 e. The number of ketones is 1. The molecule has 8 nitrogen and oxygen atoms in total. The van der Waals surface area contributed by atoms with Crippen molar-refractivity contribution in [2.75, 3.05) is 13.2 Å². The average Bonchev–Trinajstić information content (AvgIpc) is 3.15. The van der Waals surface area contributed by atoms with Crippen LogP contribution in [0.2, 0.25) is 0 Å². The Kier molecular flexibility index (Phi) is 4.22. The molecule has 0 bridgehead atoms. The first-order chi connectivity index (χ1) is 14.3. The second-order valence-electron chi connectivity index (χ2n) is 9.27. The van der Waals surface area contributed by atoms with E-state index in [0.29, 0.717) is 25.9 Å². The highest BCUT2D eigenvalue weighted by Crippen LogP contribution is 2.69. The number of epoxide rings is 1. The zero-order valence-electron chi connectivity index (χ0n) is 17.1. The lowest BCUT2D eigenvalue weighted by molar-refractivity contribution is -0.203. The Balaban J connectivity index is 1.64. The van der Waals surface area contributed by atoms with Gasteiger partial charge in [0.2, 0.25) is 0 Å². The van der Waals surface area contributed by atoms with Gasteiger partial charge >= 0.3 is 11.9 Å². The fourth-order valence-corrected chi connectivity index (χ4v) is 6.54. The molecule has 7 atom stereocenters. The maximum absolute atomic E-state index is 13.6. The van der Waals surface area contributed by atoms with E-state index in [-0.39, 0.29) is 12.4 Å². The van der Waals surface area contributed by atoms with Gasteiger partial charge < -0.3 is 23.7 Å². The lowest BCUT2D eigenvalue weighted by Crippen LogP contribution is -2.70. The van der Waals surface area contributed by atoms with Crippen molar-refractivity contribution in [3.05, 3.63) is 24.2 Å². The van der Waals surface area contributed by atoms with E-state index in [9.17, 15) is 19.5 Å². The number of aliphatic hydroxyl groups is 1. The summed E-state index contributed by atoms with van der Waals surface area (Å²) in [5.41, 5.74) is -2.38. The van der Waals surface area contributed by atoms with Crippen LogP contribution >= 0.6 is 0 Å². The first-order valence-electron chi connectivity index (χ1n) is 10.5. The van der Waals surface area contributed by atoms with Crippen LogP contribution < -0.4 is 0 Å². The molecule has 0 radical (unpaired) electrons. The summed E-state index contributed by atoms with van der Waals surface area (Å²) in [5.74, 6) is -2.38. The number of carbonyl (C=O) groups excluding carboxylic acids is 3. The Labute approximate surface area is 173 Å². The Morgan fingerprint density at radius 2 is 2.13 bits per heavy atom. The quantitative estimate of drug-likeness (QED) is 0.585. The van der Waals surface area contributed by atoms with Crippen molar-refractivity contribution >= 4 is 17.7 Å². The molecule has 4 aliphatic rings. The van der Waals surface area contributed by atoms with Gasteiger partial charge in [-0.2, -0.15) is 0 Å². The highest BCUT2D eigenvalue weighted by atomic mass is 16.6. The number of furan rings is 1. The van der Waals surface area contributed by atoms with E-state index < -0.39 is 52.4 Å². The van der Waals surface area contributed by atoms with E-state index in [1.807, 2.05) is 0 Å². The highest BCUT2D eigenvalue weighted by Gasteiger charge is 2.79. The molecular weight excluding hydrogens is 392 g/mol. The number of aliphatic hydroxyl groups excluding tert-OH is 1. The Hall–Kier alpha value is -2.19. The normalized spacial score (nSPS) is 44.8. The molecular formula is C22H26O8. The molecule has 1 N–H and O–H groups in total. The summed E-state index contributed by atoms with van der Waals surface area (Å²) in [5, 5.41) is 11.1. The molecule has 0 aromatic carbocycles. The zero-order chi connectivity index (χ0) is 21.3. The fourth-order valence-electron chi connectivity index (χ4n) is 6.54. The van der Waals surface area contributed by atoms with Crippen LogP contribution in [-0.4, -0.2) is 47.7 Å². The van der Waals surface area contributed by atoms with Crippen LogP contribution in [-0.2, 0) is 28.6 Å². The number of carbonyl (C=O) groups is 3. The predicted molar refractivity (Wildman–Crippen MR) is 99.9 cm³/mol. The molecule has 4 fully saturated rings. The van der Waals surface area contributed by atoms with Gasteiger partial charge in [0, 0.05) is 24.8 Å². The third-order valence-corrected chi connectivity index (χ3v) is 8.16. The molecule has 30 heavy (non-hydrogen) atoms. The number of fused-ring (bicyclic) bond motifs is 3. The van der Waals surface area contributed by atoms with Gasteiger partial charge in [0.05, 0.1) is 24.5 Å². The van der Waals surface area contributed by atoms with E-state index in [4.69, 9.17) is 18.6 Å². The lowest BCUT2D eigenvalue weighted by atomic mass is 9.42.